The van der Waals surface area contributed by atoms with Crippen LogP contribution in [0.25, 0.3) is 0 Å². The van der Waals surface area contributed by atoms with E-state index in [9.17, 15) is 4.79 Å². The highest BCUT2D eigenvalue weighted by atomic mass is 28.4. The zero-order chi connectivity index (χ0) is 15.8. The summed E-state index contributed by atoms with van der Waals surface area (Å²) in [5, 5.41) is 0. The molecule has 2 nitrogen and oxygen atoms in total. The Morgan fingerprint density at radius 3 is 1.64 bits per heavy atom. The SMILES string of the molecule is C[Si](C)(C)OC1=CC(=O)C1(c1ccccc1)c1ccccc1. The number of benzene rings is 2. The summed E-state index contributed by atoms with van der Waals surface area (Å²) in [6, 6.07) is 19.8. The van der Waals surface area contributed by atoms with Crippen LogP contribution in [0.4, 0.5) is 0 Å². The Morgan fingerprint density at radius 1 is 0.818 bits per heavy atom. The van der Waals surface area contributed by atoms with E-state index < -0.39 is 13.7 Å². The smallest absolute Gasteiger partial charge is 0.241 e. The first kappa shape index (κ1) is 14.8. The van der Waals surface area contributed by atoms with Crippen LogP contribution in [0.2, 0.25) is 19.6 Å². The van der Waals surface area contributed by atoms with Crippen molar-refractivity contribution in [2.45, 2.75) is 25.1 Å². The van der Waals surface area contributed by atoms with Crippen LogP contribution in [0, 0.1) is 0 Å². The van der Waals surface area contributed by atoms with Crippen molar-refractivity contribution in [3.05, 3.63) is 83.6 Å². The van der Waals surface area contributed by atoms with E-state index in [1.165, 1.54) is 0 Å². The van der Waals surface area contributed by atoms with E-state index in [1.54, 1.807) is 6.08 Å². The molecule has 0 unspecified atom stereocenters. The molecule has 2 aromatic carbocycles. The molecule has 0 atom stereocenters. The summed E-state index contributed by atoms with van der Waals surface area (Å²) in [6.07, 6.45) is 1.65. The molecule has 0 bridgehead atoms. The fraction of sp³-hybridized carbons (Fsp3) is 0.211. The van der Waals surface area contributed by atoms with E-state index in [-0.39, 0.29) is 5.78 Å². The van der Waals surface area contributed by atoms with Gasteiger partial charge in [0.2, 0.25) is 8.32 Å². The van der Waals surface area contributed by atoms with Crippen LogP contribution in [0.3, 0.4) is 0 Å². The van der Waals surface area contributed by atoms with Gasteiger partial charge >= 0.3 is 0 Å². The topological polar surface area (TPSA) is 26.3 Å². The summed E-state index contributed by atoms with van der Waals surface area (Å²) in [5.41, 5.74) is 1.17. The first-order valence-corrected chi connectivity index (χ1v) is 10.9. The lowest BCUT2D eigenvalue weighted by molar-refractivity contribution is -0.120. The second-order valence-corrected chi connectivity index (χ2v) is 11.0. The molecule has 0 fully saturated rings. The normalized spacial score (nSPS) is 16.7. The predicted molar refractivity (Wildman–Crippen MR) is 91.2 cm³/mol. The molecule has 3 heteroatoms. The molecule has 112 valence electrons. The van der Waals surface area contributed by atoms with E-state index in [1.807, 2.05) is 60.7 Å². The Balaban J connectivity index is 2.18. The zero-order valence-corrected chi connectivity index (χ0v) is 14.2. The first-order chi connectivity index (χ1) is 10.4. The van der Waals surface area contributed by atoms with E-state index in [4.69, 9.17) is 4.43 Å². The molecule has 0 saturated heterocycles. The highest BCUT2D eigenvalue weighted by Crippen LogP contribution is 2.47. The van der Waals surface area contributed by atoms with Gasteiger partial charge in [-0.05, 0) is 30.8 Å². The minimum absolute atomic E-state index is 0.0955. The molecule has 0 N–H and O–H groups in total. The van der Waals surface area contributed by atoms with Crippen LogP contribution in [0.5, 0.6) is 0 Å². The van der Waals surface area contributed by atoms with Gasteiger partial charge in [-0.2, -0.15) is 0 Å². The van der Waals surface area contributed by atoms with Crippen molar-refractivity contribution in [3.63, 3.8) is 0 Å². The van der Waals surface area contributed by atoms with Crippen molar-refractivity contribution in [1.29, 1.82) is 0 Å². The maximum atomic E-state index is 12.7. The second kappa shape index (κ2) is 5.25. The lowest BCUT2D eigenvalue weighted by Gasteiger charge is -2.43. The Hall–Kier alpha value is -2.13. The van der Waals surface area contributed by atoms with Gasteiger partial charge in [-0.1, -0.05) is 60.7 Å². The van der Waals surface area contributed by atoms with Gasteiger partial charge in [0.1, 0.15) is 11.2 Å². The second-order valence-electron chi connectivity index (χ2n) is 6.57. The first-order valence-electron chi connectivity index (χ1n) is 7.51. The summed E-state index contributed by atoms with van der Waals surface area (Å²) < 4.78 is 6.25. The Morgan fingerprint density at radius 2 is 1.27 bits per heavy atom. The maximum Gasteiger partial charge on any atom is 0.241 e. The molecule has 0 saturated carbocycles. The highest BCUT2D eigenvalue weighted by molar-refractivity contribution is 6.70. The third kappa shape index (κ3) is 2.31. The van der Waals surface area contributed by atoms with Crippen LogP contribution in [0.15, 0.2) is 72.5 Å². The molecule has 2 aromatic rings. The minimum Gasteiger partial charge on any atom is -0.546 e. The lowest BCUT2D eigenvalue weighted by atomic mass is 9.63. The number of hydrogen-bond donors (Lipinski definition) is 0. The molecule has 0 aromatic heterocycles. The third-order valence-corrected chi connectivity index (χ3v) is 4.66. The van der Waals surface area contributed by atoms with E-state index in [0.717, 1.165) is 16.9 Å². The van der Waals surface area contributed by atoms with Crippen molar-refractivity contribution in [3.8, 4) is 0 Å². The molecule has 0 spiro atoms. The zero-order valence-electron chi connectivity index (χ0n) is 13.2. The molecular formula is C19H20O2Si. The minimum atomic E-state index is -1.79. The van der Waals surface area contributed by atoms with Crippen molar-refractivity contribution in [1.82, 2.24) is 0 Å². The fourth-order valence-electron chi connectivity index (χ4n) is 2.93. The largest absolute Gasteiger partial charge is 0.546 e. The van der Waals surface area contributed by atoms with Gasteiger partial charge in [-0.25, -0.2) is 0 Å². The van der Waals surface area contributed by atoms with Gasteiger partial charge in [-0.3, -0.25) is 4.79 Å². The number of carbonyl (C=O) groups is 1. The standard InChI is InChI=1S/C19H20O2Si/c1-22(2,3)21-18-14-17(20)19(18,15-10-6-4-7-11-15)16-12-8-5-9-13-16/h4-14H,1-3H3. The van der Waals surface area contributed by atoms with Crippen molar-refractivity contribution in [2.24, 2.45) is 0 Å². The molecule has 0 radical (unpaired) electrons. The van der Waals surface area contributed by atoms with Crippen LogP contribution < -0.4 is 0 Å². The van der Waals surface area contributed by atoms with Gasteiger partial charge in [0.05, 0.1) is 0 Å². The van der Waals surface area contributed by atoms with E-state index in [0.29, 0.717) is 0 Å². The number of allylic oxidation sites excluding steroid dienone is 2. The molecule has 0 amide bonds. The molecular weight excluding hydrogens is 288 g/mol. The number of ketones is 1. The summed E-state index contributed by atoms with van der Waals surface area (Å²) in [7, 11) is -1.79. The van der Waals surface area contributed by atoms with Crippen molar-refractivity contribution in [2.75, 3.05) is 0 Å². The fourth-order valence-corrected chi connectivity index (χ4v) is 3.80. The average molecular weight is 308 g/mol. The average Bonchev–Trinajstić information content (AvgIpc) is 2.48. The molecule has 1 aliphatic carbocycles. The molecule has 1 aliphatic rings. The lowest BCUT2D eigenvalue weighted by Crippen LogP contribution is -2.49. The third-order valence-electron chi connectivity index (χ3n) is 3.83. The van der Waals surface area contributed by atoms with Gasteiger partial charge in [-0.15, -0.1) is 0 Å². The van der Waals surface area contributed by atoms with Crippen LogP contribution in [-0.4, -0.2) is 14.1 Å². The molecule has 0 heterocycles. The number of carbonyl (C=O) groups excluding carboxylic acids is 1. The van der Waals surface area contributed by atoms with Crippen molar-refractivity contribution >= 4 is 14.1 Å². The number of hydrogen-bond acceptors (Lipinski definition) is 2. The quantitative estimate of drug-likeness (QED) is 0.788. The van der Waals surface area contributed by atoms with Crippen molar-refractivity contribution < 1.29 is 9.22 Å². The summed E-state index contributed by atoms with van der Waals surface area (Å²) in [4.78, 5) is 12.7. The Kier molecular flexibility index (Phi) is 3.53. The highest BCUT2D eigenvalue weighted by Gasteiger charge is 2.53. The van der Waals surface area contributed by atoms with Gasteiger partial charge < -0.3 is 4.43 Å². The monoisotopic (exact) mass is 308 g/mol. The number of rotatable bonds is 4. The Bertz CT molecular complexity index is 673. The van der Waals surface area contributed by atoms with Crippen LogP contribution >= 0.6 is 0 Å². The predicted octanol–water partition coefficient (Wildman–Crippen LogP) is 4.29. The summed E-state index contributed by atoms with van der Waals surface area (Å²) in [5.74, 6) is 0.882. The summed E-state index contributed by atoms with van der Waals surface area (Å²) >= 11 is 0. The van der Waals surface area contributed by atoms with Gasteiger partial charge in [0.25, 0.3) is 0 Å². The van der Waals surface area contributed by atoms with Crippen LogP contribution in [0.1, 0.15) is 11.1 Å². The Labute approximate surface area is 132 Å². The maximum absolute atomic E-state index is 12.7. The van der Waals surface area contributed by atoms with Crippen LogP contribution in [-0.2, 0) is 14.6 Å². The van der Waals surface area contributed by atoms with E-state index in [2.05, 4.69) is 19.6 Å². The summed E-state index contributed by atoms with van der Waals surface area (Å²) in [6.45, 7) is 6.41. The molecule has 3 rings (SSSR count). The van der Waals surface area contributed by atoms with Gasteiger partial charge in [0.15, 0.2) is 5.78 Å². The van der Waals surface area contributed by atoms with Gasteiger partial charge in [0, 0.05) is 6.08 Å². The molecule has 0 aliphatic heterocycles. The molecule has 22 heavy (non-hydrogen) atoms. The van der Waals surface area contributed by atoms with E-state index >= 15 is 0 Å².